The lowest BCUT2D eigenvalue weighted by atomic mass is 10.0. The summed E-state index contributed by atoms with van der Waals surface area (Å²) in [5.74, 6) is 0.590. The quantitative estimate of drug-likeness (QED) is 0.161. The van der Waals surface area contributed by atoms with Gasteiger partial charge in [0.05, 0.1) is 13.2 Å². The number of carboxylic acid groups (broad SMARTS) is 1. The highest BCUT2D eigenvalue weighted by Crippen LogP contribution is 2.24. The molecule has 0 saturated heterocycles. The Morgan fingerprint density at radius 2 is 1.52 bits per heavy atom. The van der Waals surface area contributed by atoms with Crippen LogP contribution in [0.5, 0.6) is 11.5 Å². The van der Waals surface area contributed by atoms with Gasteiger partial charge in [-0.3, -0.25) is 0 Å². The van der Waals surface area contributed by atoms with Crippen LogP contribution in [0.3, 0.4) is 0 Å². The van der Waals surface area contributed by atoms with Gasteiger partial charge in [0.25, 0.3) is 0 Å². The summed E-state index contributed by atoms with van der Waals surface area (Å²) < 4.78 is 17.0. The molecule has 1 atom stereocenters. The van der Waals surface area contributed by atoms with Crippen LogP contribution in [0.2, 0.25) is 10.0 Å². The number of hydrogen-bond donors (Lipinski definition) is 2. The third-order valence-corrected chi connectivity index (χ3v) is 6.85. The highest BCUT2D eigenvalue weighted by atomic mass is 35.5. The Balaban J connectivity index is 1.57. The number of nitrogens with one attached hydrogen (secondary N) is 1. The monoisotopic (exact) mass is 616 g/mol. The van der Waals surface area contributed by atoms with E-state index in [1.165, 1.54) is 5.56 Å². The number of rotatable bonds is 16. The number of amides is 2. The van der Waals surface area contributed by atoms with E-state index in [1.807, 2.05) is 36.4 Å². The second kappa shape index (κ2) is 16.9. The van der Waals surface area contributed by atoms with Gasteiger partial charge in [-0.05, 0) is 72.9 Å². The van der Waals surface area contributed by atoms with Crippen molar-refractivity contribution < 1.29 is 28.9 Å². The minimum atomic E-state index is -0.992. The summed E-state index contributed by atoms with van der Waals surface area (Å²) in [5, 5.41) is 13.3. The average Bonchev–Trinajstić information content (AvgIpc) is 2.94. The zero-order valence-electron chi connectivity index (χ0n) is 24.1. The Kier molecular flexibility index (Phi) is 13.3. The maximum absolute atomic E-state index is 13.2. The van der Waals surface area contributed by atoms with Crippen molar-refractivity contribution in [3.05, 3.63) is 87.9 Å². The van der Waals surface area contributed by atoms with E-state index in [0.717, 1.165) is 5.56 Å². The number of aliphatic carboxylic acids is 1. The first-order chi connectivity index (χ1) is 20.1. The average molecular weight is 618 g/mol. The van der Waals surface area contributed by atoms with Crippen LogP contribution in [0.15, 0.2) is 66.7 Å². The van der Waals surface area contributed by atoms with Gasteiger partial charge in [0.1, 0.15) is 18.1 Å². The summed E-state index contributed by atoms with van der Waals surface area (Å²) in [6.45, 7) is 7.73. The molecule has 10 heteroatoms. The first kappa shape index (κ1) is 33.0. The third-order valence-electron chi connectivity index (χ3n) is 6.41. The summed E-state index contributed by atoms with van der Waals surface area (Å²) >= 11 is 12.1. The maximum Gasteiger partial charge on any atom is 0.333 e. The van der Waals surface area contributed by atoms with Gasteiger partial charge in [-0.1, -0.05) is 61.3 Å². The Morgan fingerprint density at radius 1 is 0.881 bits per heavy atom. The molecule has 0 radical (unpaired) electrons. The van der Waals surface area contributed by atoms with Gasteiger partial charge in [0.2, 0.25) is 0 Å². The molecule has 2 amide bonds. The van der Waals surface area contributed by atoms with Crippen LogP contribution in [0, 0.1) is 0 Å². The van der Waals surface area contributed by atoms with Crippen molar-refractivity contribution in [2.45, 2.75) is 45.6 Å². The fourth-order valence-electron chi connectivity index (χ4n) is 4.15. The molecule has 226 valence electrons. The van der Waals surface area contributed by atoms with E-state index in [4.69, 9.17) is 37.4 Å². The number of ether oxygens (including phenoxy) is 3. The number of halogens is 2. The van der Waals surface area contributed by atoms with Gasteiger partial charge in [-0.25, -0.2) is 9.59 Å². The Hall–Kier alpha value is -3.46. The summed E-state index contributed by atoms with van der Waals surface area (Å²) in [5.41, 5.74) is 2.73. The fourth-order valence-corrected chi connectivity index (χ4v) is 4.66. The van der Waals surface area contributed by atoms with E-state index in [2.05, 4.69) is 19.2 Å². The summed E-state index contributed by atoms with van der Waals surface area (Å²) in [6.07, 6.45) is -0.0578. The Labute approximate surface area is 257 Å². The highest BCUT2D eigenvalue weighted by Gasteiger charge is 2.18. The third kappa shape index (κ3) is 11.1. The zero-order chi connectivity index (χ0) is 30.5. The molecule has 8 nitrogen and oxygen atoms in total. The lowest BCUT2D eigenvalue weighted by molar-refractivity contribution is -0.149. The van der Waals surface area contributed by atoms with Gasteiger partial charge in [-0.15, -0.1) is 0 Å². The fraction of sp³-hybridized carbons (Fsp3) is 0.375. The van der Waals surface area contributed by atoms with E-state index in [-0.39, 0.29) is 19.1 Å². The molecule has 0 aliphatic heterocycles. The summed E-state index contributed by atoms with van der Waals surface area (Å²) in [6, 6.07) is 19.8. The first-order valence-corrected chi connectivity index (χ1v) is 14.7. The van der Waals surface area contributed by atoms with Gasteiger partial charge in [0, 0.05) is 35.3 Å². The van der Waals surface area contributed by atoms with Crippen molar-refractivity contribution in [3.63, 3.8) is 0 Å². The molecule has 42 heavy (non-hydrogen) atoms. The molecular weight excluding hydrogens is 579 g/mol. The lowest BCUT2D eigenvalue weighted by Gasteiger charge is -2.23. The molecule has 0 fully saturated rings. The second-order valence-electron chi connectivity index (χ2n) is 9.98. The second-order valence-corrected chi connectivity index (χ2v) is 10.9. The standard InChI is InChI=1S/C32H38Cl2N2O6/c1-4-40-30(31(37)38)18-23-6-12-28(13-7-23)42-17-15-36(14-5-16-41-29-20-25(33)19-26(34)21-29)32(39)35-27-10-8-24(9-11-27)22(2)3/h6-13,19-22,30H,4-5,14-18H2,1-3H3,(H,35,39)(H,37,38). The van der Waals surface area contributed by atoms with Crippen LogP contribution < -0.4 is 14.8 Å². The molecule has 1 unspecified atom stereocenters. The summed E-state index contributed by atoms with van der Waals surface area (Å²) in [7, 11) is 0. The molecule has 0 heterocycles. The van der Waals surface area contributed by atoms with Gasteiger partial charge < -0.3 is 29.5 Å². The number of benzene rings is 3. The van der Waals surface area contributed by atoms with Crippen LogP contribution in [-0.2, 0) is 16.0 Å². The number of hydrogen-bond acceptors (Lipinski definition) is 5. The molecule has 0 bridgehead atoms. The lowest BCUT2D eigenvalue weighted by Crippen LogP contribution is -2.39. The van der Waals surface area contributed by atoms with Gasteiger partial charge in [0.15, 0.2) is 6.10 Å². The minimum absolute atomic E-state index is 0.243. The van der Waals surface area contributed by atoms with Crippen LogP contribution >= 0.6 is 23.2 Å². The van der Waals surface area contributed by atoms with Crippen LogP contribution in [0.4, 0.5) is 10.5 Å². The number of anilines is 1. The molecule has 3 aromatic rings. The molecule has 3 rings (SSSR count). The molecule has 0 aliphatic rings. The van der Waals surface area contributed by atoms with E-state index in [1.54, 1.807) is 42.2 Å². The SMILES string of the molecule is CCOC(Cc1ccc(OCCN(CCCOc2cc(Cl)cc(Cl)c2)C(=O)Nc2ccc(C(C)C)cc2)cc1)C(=O)O. The van der Waals surface area contributed by atoms with Crippen molar-refractivity contribution in [3.8, 4) is 11.5 Å². The van der Waals surface area contributed by atoms with E-state index in [9.17, 15) is 14.7 Å². The number of carbonyl (C=O) groups excluding carboxylic acids is 1. The first-order valence-electron chi connectivity index (χ1n) is 14.0. The largest absolute Gasteiger partial charge is 0.493 e. The van der Waals surface area contributed by atoms with Crippen molar-refractivity contribution in [1.82, 2.24) is 4.90 Å². The molecule has 2 N–H and O–H groups in total. The maximum atomic E-state index is 13.2. The minimum Gasteiger partial charge on any atom is -0.493 e. The van der Waals surface area contributed by atoms with Crippen molar-refractivity contribution in [2.75, 3.05) is 38.2 Å². The normalized spacial score (nSPS) is 11.7. The smallest absolute Gasteiger partial charge is 0.333 e. The Bertz CT molecular complexity index is 1260. The van der Waals surface area contributed by atoms with Crippen molar-refractivity contribution in [2.24, 2.45) is 0 Å². The van der Waals surface area contributed by atoms with Crippen molar-refractivity contribution in [1.29, 1.82) is 0 Å². The molecule has 0 aromatic heterocycles. The molecule has 3 aromatic carbocycles. The van der Waals surface area contributed by atoms with E-state index < -0.39 is 12.1 Å². The Morgan fingerprint density at radius 3 is 2.12 bits per heavy atom. The van der Waals surface area contributed by atoms with Crippen LogP contribution in [0.25, 0.3) is 0 Å². The van der Waals surface area contributed by atoms with Crippen LogP contribution in [0.1, 0.15) is 44.2 Å². The number of carbonyl (C=O) groups is 2. The van der Waals surface area contributed by atoms with E-state index in [0.29, 0.717) is 65.9 Å². The summed E-state index contributed by atoms with van der Waals surface area (Å²) in [4.78, 5) is 26.3. The van der Waals surface area contributed by atoms with Gasteiger partial charge in [-0.2, -0.15) is 0 Å². The number of urea groups is 1. The van der Waals surface area contributed by atoms with Gasteiger partial charge >= 0.3 is 12.0 Å². The highest BCUT2D eigenvalue weighted by molar-refractivity contribution is 6.34. The molecule has 0 spiro atoms. The molecule has 0 aliphatic carbocycles. The number of carboxylic acids is 1. The van der Waals surface area contributed by atoms with E-state index >= 15 is 0 Å². The predicted octanol–water partition coefficient (Wildman–Crippen LogP) is 7.53. The predicted molar refractivity (Wildman–Crippen MR) is 166 cm³/mol. The topological polar surface area (TPSA) is 97.3 Å². The zero-order valence-corrected chi connectivity index (χ0v) is 25.7. The number of nitrogens with zero attached hydrogens (tertiary/aromatic N) is 1. The molecule has 0 saturated carbocycles. The van der Waals surface area contributed by atoms with Crippen molar-refractivity contribution >= 4 is 40.9 Å². The van der Waals surface area contributed by atoms with Crippen LogP contribution in [-0.4, -0.2) is 61.0 Å². The molecular formula is C32H38Cl2N2O6.